The molecule has 4 heteroatoms. The molecule has 0 aliphatic rings. The molecule has 0 heterocycles. The molecule has 1 amide bonds. The molecule has 0 aromatic heterocycles. The third-order valence-corrected chi connectivity index (χ3v) is 3.22. The van der Waals surface area contributed by atoms with E-state index in [1.54, 1.807) is 19.2 Å². The number of hydrogen-bond acceptors (Lipinski definition) is 3. The first-order chi connectivity index (χ1) is 10.7. The molecular formula is C18H21NO3. The highest BCUT2D eigenvalue weighted by Gasteiger charge is 2.10. The molecule has 2 aromatic carbocycles. The zero-order valence-electron chi connectivity index (χ0n) is 13.0. The molecule has 0 aliphatic carbocycles. The zero-order valence-corrected chi connectivity index (χ0v) is 13.0. The monoisotopic (exact) mass is 299 g/mol. The second-order valence-electron chi connectivity index (χ2n) is 4.88. The van der Waals surface area contributed by atoms with Gasteiger partial charge in [-0.1, -0.05) is 25.1 Å². The minimum atomic E-state index is -0.0783. The summed E-state index contributed by atoms with van der Waals surface area (Å²) in [5, 5.41) is 2.87. The number of methoxy groups -OCH3 is 1. The zero-order chi connectivity index (χ0) is 15.8. The number of carbonyl (C=O) groups is 1. The Labute approximate surface area is 131 Å². The maximum atomic E-state index is 12.0. The first kappa shape index (κ1) is 15.9. The van der Waals surface area contributed by atoms with E-state index in [1.165, 1.54) is 0 Å². The highest BCUT2D eigenvalue weighted by atomic mass is 16.5. The number of nitrogens with one attached hydrogen (secondary N) is 1. The molecule has 0 aliphatic heterocycles. The predicted octanol–water partition coefficient (Wildman–Crippen LogP) is 3.41. The molecule has 0 saturated carbocycles. The number of amides is 1. The number of rotatable bonds is 7. The number of benzene rings is 2. The summed E-state index contributed by atoms with van der Waals surface area (Å²) in [6.45, 7) is 3.04. The van der Waals surface area contributed by atoms with E-state index in [1.807, 2.05) is 43.3 Å². The average molecular weight is 299 g/mol. The van der Waals surface area contributed by atoms with Gasteiger partial charge in [0, 0.05) is 17.7 Å². The van der Waals surface area contributed by atoms with Crippen LogP contribution in [-0.4, -0.2) is 19.6 Å². The van der Waals surface area contributed by atoms with E-state index in [0.29, 0.717) is 24.5 Å². The van der Waals surface area contributed by atoms with Gasteiger partial charge >= 0.3 is 0 Å². The number of para-hydroxylation sites is 1. The molecule has 0 spiro atoms. The molecule has 0 bridgehead atoms. The smallest absolute Gasteiger partial charge is 0.251 e. The molecular weight excluding hydrogens is 278 g/mol. The van der Waals surface area contributed by atoms with Crippen molar-refractivity contribution in [2.24, 2.45) is 0 Å². The molecule has 4 nitrogen and oxygen atoms in total. The Morgan fingerprint density at radius 1 is 1.14 bits per heavy atom. The fourth-order valence-electron chi connectivity index (χ4n) is 2.05. The summed E-state index contributed by atoms with van der Waals surface area (Å²) in [6, 6.07) is 14.9. The standard InChI is InChI=1S/C18H21NO3/c1-3-11-19-18(20)14-9-10-17(21-2)15(12-14)13-22-16-7-5-4-6-8-16/h4-10,12H,3,11,13H2,1-2H3,(H,19,20). The van der Waals surface area contributed by atoms with E-state index < -0.39 is 0 Å². The molecule has 0 unspecified atom stereocenters. The molecule has 22 heavy (non-hydrogen) atoms. The van der Waals surface area contributed by atoms with Gasteiger partial charge in [-0.2, -0.15) is 0 Å². The highest BCUT2D eigenvalue weighted by molar-refractivity contribution is 5.94. The molecule has 0 radical (unpaired) electrons. The largest absolute Gasteiger partial charge is 0.496 e. The van der Waals surface area contributed by atoms with Crippen LogP contribution in [-0.2, 0) is 6.61 Å². The summed E-state index contributed by atoms with van der Waals surface area (Å²) < 4.78 is 11.1. The van der Waals surface area contributed by atoms with Gasteiger partial charge in [0.1, 0.15) is 18.1 Å². The topological polar surface area (TPSA) is 47.6 Å². The SMILES string of the molecule is CCCNC(=O)c1ccc(OC)c(COc2ccccc2)c1. The molecule has 2 rings (SSSR count). The maximum absolute atomic E-state index is 12.0. The van der Waals surface area contributed by atoms with Gasteiger partial charge in [0.25, 0.3) is 5.91 Å². The van der Waals surface area contributed by atoms with Crippen molar-refractivity contribution in [3.63, 3.8) is 0 Å². The van der Waals surface area contributed by atoms with Crippen molar-refractivity contribution >= 4 is 5.91 Å². The second-order valence-corrected chi connectivity index (χ2v) is 4.88. The van der Waals surface area contributed by atoms with Gasteiger partial charge in [-0.15, -0.1) is 0 Å². The van der Waals surface area contributed by atoms with Crippen molar-refractivity contribution < 1.29 is 14.3 Å². The Morgan fingerprint density at radius 3 is 2.59 bits per heavy atom. The quantitative estimate of drug-likeness (QED) is 0.852. The van der Waals surface area contributed by atoms with Gasteiger partial charge < -0.3 is 14.8 Å². The Morgan fingerprint density at radius 2 is 1.91 bits per heavy atom. The van der Waals surface area contributed by atoms with Crippen LogP contribution in [0, 0.1) is 0 Å². The van der Waals surface area contributed by atoms with Crippen LogP contribution in [0.5, 0.6) is 11.5 Å². The van der Waals surface area contributed by atoms with E-state index in [-0.39, 0.29) is 5.91 Å². The normalized spacial score (nSPS) is 10.1. The van der Waals surface area contributed by atoms with Crippen LogP contribution in [0.1, 0.15) is 29.3 Å². The Balaban J connectivity index is 2.12. The summed E-state index contributed by atoms with van der Waals surface area (Å²) >= 11 is 0. The first-order valence-corrected chi connectivity index (χ1v) is 7.37. The fourth-order valence-corrected chi connectivity index (χ4v) is 2.05. The third kappa shape index (κ3) is 4.25. The van der Waals surface area contributed by atoms with Gasteiger partial charge in [-0.05, 0) is 36.8 Å². The van der Waals surface area contributed by atoms with E-state index in [4.69, 9.17) is 9.47 Å². The maximum Gasteiger partial charge on any atom is 0.251 e. The molecule has 0 saturated heterocycles. The lowest BCUT2D eigenvalue weighted by atomic mass is 10.1. The van der Waals surface area contributed by atoms with Gasteiger partial charge in [0.05, 0.1) is 7.11 Å². The lowest BCUT2D eigenvalue weighted by Crippen LogP contribution is -2.24. The predicted molar refractivity (Wildman–Crippen MR) is 86.4 cm³/mol. The third-order valence-electron chi connectivity index (χ3n) is 3.22. The van der Waals surface area contributed by atoms with Gasteiger partial charge in [-0.3, -0.25) is 4.79 Å². The number of ether oxygens (including phenoxy) is 2. The van der Waals surface area contributed by atoms with Crippen LogP contribution < -0.4 is 14.8 Å². The van der Waals surface area contributed by atoms with E-state index >= 15 is 0 Å². The van der Waals surface area contributed by atoms with Crippen LogP contribution in [0.15, 0.2) is 48.5 Å². The number of hydrogen-bond donors (Lipinski definition) is 1. The lowest BCUT2D eigenvalue weighted by molar-refractivity contribution is 0.0953. The summed E-state index contributed by atoms with van der Waals surface area (Å²) in [5.41, 5.74) is 1.46. The molecule has 116 valence electrons. The van der Waals surface area contributed by atoms with E-state index in [9.17, 15) is 4.79 Å². The van der Waals surface area contributed by atoms with Crippen molar-refractivity contribution in [1.82, 2.24) is 5.32 Å². The van der Waals surface area contributed by atoms with Crippen LogP contribution in [0.3, 0.4) is 0 Å². The summed E-state index contributed by atoms with van der Waals surface area (Å²) in [6.07, 6.45) is 0.909. The van der Waals surface area contributed by atoms with Crippen LogP contribution in [0.25, 0.3) is 0 Å². The number of carbonyl (C=O) groups excluding carboxylic acids is 1. The van der Waals surface area contributed by atoms with Gasteiger partial charge in [0.15, 0.2) is 0 Å². The Bertz CT molecular complexity index is 611. The van der Waals surface area contributed by atoms with Crippen molar-refractivity contribution in [3.05, 3.63) is 59.7 Å². The minimum Gasteiger partial charge on any atom is -0.496 e. The summed E-state index contributed by atoms with van der Waals surface area (Å²) in [7, 11) is 1.61. The molecule has 0 atom stereocenters. The molecule has 2 aromatic rings. The minimum absolute atomic E-state index is 0.0783. The van der Waals surface area contributed by atoms with E-state index in [2.05, 4.69) is 5.32 Å². The van der Waals surface area contributed by atoms with Crippen molar-refractivity contribution in [2.45, 2.75) is 20.0 Å². The van der Waals surface area contributed by atoms with Gasteiger partial charge in [-0.25, -0.2) is 0 Å². The summed E-state index contributed by atoms with van der Waals surface area (Å²) in [5.74, 6) is 1.42. The fraction of sp³-hybridized carbons (Fsp3) is 0.278. The average Bonchev–Trinajstić information content (AvgIpc) is 2.58. The van der Waals surface area contributed by atoms with Crippen LogP contribution >= 0.6 is 0 Å². The Hall–Kier alpha value is -2.49. The van der Waals surface area contributed by atoms with E-state index in [0.717, 1.165) is 17.7 Å². The first-order valence-electron chi connectivity index (χ1n) is 7.37. The van der Waals surface area contributed by atoms with Crippen LogP contribution in [0.4, 0.5) is 0 Å². The molecule has 1 N–H and O–H groups in total. The summed E-state index contributed by atoms with van der Waals surface area (Å²) in [4.78, 5) is 12.0. The van der Waals surface area contributed by atoms with Gasteiger partial charge in [0.2, 0.25) is 0 Å². The highest BCUT2D eigenvalue weighted by Crippen LogP contribution is 2.22. The van der Waals surface area contributed by atoms with Crippen molar-refractivity contribution in [1.29, 1.82) is 0 Å². The Kier molecular flexibility index (Phi) is 5.83. The van der Waals surface area contributed by atoms with Crippen molar-refractivity contribution in [2.75, 3.05) is 13.7 Å². The molecule has 0 fully saturated rings. The van der Waals surface area contributed by atoms with Crippen LogP contribution in [0.2, 0.25) is 0 Å². The lowest BCUT2D eigenvalue weighted by Gasteiger charge is -2.12. The van der Waals surface area contributed by atoms with Crippen molar-refractivity contribution in [3.8, 4) is 11.5 Å². The second kappa shape index (κ2) is 8.08.